The molecule has 98 valence electrons. The van der Waals surface area contributed by atoms with Crippen LogP contribution in [0.5, 0.6) is 0 Å². The van der Waals surface area contributed by atoms with E-state index in [0.717, 1.165) is 38.0 Å². The predicted molar refractivity (Wildman–Crippen MR) is 75.6 cm³/mol. The van der Waals surface area contributed by atoms with Gasteiger partial charge in [0, 0.05) is 20.1 Å². The van der Waals surface area contributed by atoms with Gasteiger partial charge in [-0.1, -0.05) is 6.07 Å². The molecule has 0 aliphatic carbocycles. The Morgan fingerprint density at radius 2 is 2.17 bits per heavy atom. The van der Waals surface area contributed by atoms with Crippen LogP contribution < -0.4 is 5.73 Å². The summed E-state index contributed by atoms with van der Waals surface area (Å²) in [6.45, 7) is 2.80. The SMILES string of the molecule is CN(CCN)CCCc1ccc2c(c1)ncn2C. The van der Waals surface area contributed by atoms with E-state index in [9.17, 15) is 0 Å². The van der Waals surface area contributed by atoms with E-state index >= 15 is 0 Å². The van der Waals surface area contributed by atoms with Crippen LogP contribution >= 0.6 is 0 Å². The smallest absolute Gasteiger partial charge is 0.0955 e. The lowest BCUT2D eigenvalue weighted by atomic mass is 10.1. The van der Waals surface area contributed by atoms with Gasteiger partial charge in [-0.25, -0.2) is 4.98 Å². The van der Waals surface area contributed by atoms with E-state index in [1.165, 1.54) is 11.1 Å². The van der Waals surface area contributed by atoms with Crippen LogP contribution in [0.3, 0.4) is 0 Å². The summed E-state index contributed by atoms with van der Waals surface area (Å²) in [4.78, 5) is 6.66. The standard InChI is InChI=1S/C14H22N4/c1-17(9-7-15)8-3-4-12-5-6-14-13(10-12)16-11-18(14)2/h5-6,10-11H,3-4,7-9,15H2,1-2H3. The zero-order valence-electron chi connectivity index (χ0n) is 11.3. The zero-order chi connectivity index (χ0) is 13.0. The van der Waals surface area contributed by atoms with Gasteiger partial charge in [-0.3, -0.25) is 0 Å². The second-order valence-corrected chi connectivity index (χ2v) is 4.87. The number of hydrogen-bond acceptors (Lipinski definition) is 3. The molecule has 0 aliphatic heterocycles. The highest BCUT2D eigenvalue weighted by Gasteiger charge is 2.02. The third-order valence-electron chi connectivity index (χ3n) is 3.31. The summed E-state index contributed by atoms with van der Waals surface area (Å²) in [6.07, 6.45) is 4.12. The summed E-state index contributed by atoms with van der Waals surface area (Å²) in [7, 11) is 4.14. The van der Waals surface area contributed by atoms with Gasteiger partial charge in [0.1, 0.15) is 0 Å². The van der Waals surface area contributed by atoms with E-state index < -0.39 is 0 Å². The number of nitrogens with two attached hydrogens (primary N) is 1. The van der Waals surface area contributed by atoms with Crippen molar-refractivity contribution in [1.29, 1.82) is 0 Å². The van der Waals surface area contributed by atoms with Crippen LogP contribution in [0.25, 0.3) is 11.0 Å². The molecule has 4 heteroatoms. The molecule has 18 heavy (non-hydrogen) atoms. The molecular formula is C14H22N4. The molecule has 0 unspecified atom stereocenters. The number of imidazole rings is 1. The molecule has 0 spiro atoms. The Hall–Kier alpha value is -1.39. The monoisotopic (exact) mass is 246 g/mol. The van der Waals surface area contributed by atoms with Crippen molar-refractivity contribution in [2.24, 2.45) is 12.8 Å². The van der Waals surface area contributed by atoms with Gasteiger partial charge in [-0.15, -0.1) is 0 Å². The number of aromatic nitrogens is 2. The maximum Gasteiger partial charge on any atom is 0.0955 e. The molecule has 0 fully saturated rings. The number of likely N-dealkylation sites (N-methyl/N-ethyl adjacent to an activating group) is 1. The van der Waals surface area contributed by atoms with Crippen LogP contribution in [0.1, 0.15) is 12.0 Å². The largest absolute Gasteiger partial charge is 0.334 e. The summed E-state index contributed by atoms with van der Waals surface area (Å²) in [5.41, 5.74) is 9.17. The average Bonchev–Trinajstić information content (AvgIpc) is 2.71. The second kappa shape index (κ2) is 5.98. The van der Waals surface area contributed by atoms with E-state index in [1.54, 1.807) is 0 Å². The van der Waals surface area contributed by atoms with Gasteiger partial charge in [-0.05, 0) is 44.1 Å². The lowest BCUT2D eigenvalue weighted by molar-refractivity contribution is 0.338. The number of benzene rings is 1. The Kier molecular flexibility index (Phi) is 4.33. The normalized spacial score (nSPS) is 11.6. The average molecular weight is 246 g/mol. The van der Waals surface area contributed by atoms with Gasteiger partial charge in [0.05, 0.1) is 17.4 Å². The fourth-order valence-corrected chi connectivity index (χ4v) is 2.22. The van der Waals surface area contributed by atoms with Crippen molar-refractivity contribution < 1.29 is 0 Å². The third kappa shape index (κ3) is 3.09. The molecule has 1 aromatic carbocycles. The Morgan fingerprint density at radius 1 is 1.33 bits per heavy atom. The van der Waals surface area contributed by atoms with Gasteiger partial charge >= 0.3 is 0 Å². The Bertz CT molecular complexity index is 503. The number of fused-ring (bicyclic) bond motifs is 1. The van der Waals surface area contributed by atoms with Crippen molar-refractivity contribution in [3.05, 3.63) is 30.1 Å². The molecule has 0 saturated carbocycles. The second-order valence-electron chi connectivity index (χ2n) is 4.87. The predicted octanol–water partition coefficient (Wildman–Crippen LogP) is 1.40. The topological polar surface area (TPSA) is 47.1 Å². The molecule has 2 aromatic rings. The van der Waals surface area contributed by atoms with Gasteiger partial charge in [-0.2, -0.15) is 0 Å². The maximum atomic E-state index is 5.52. The van der Waals surface area contributed by atoms with Crippen LogP contribution in [0, 0.1) is 0 Å². The number of hydrogen-bond donors (Lipinski definition) is 1. The van der Waals surface area contributed by atoms with Crippen molar-refractivity contribution in [1.82, 2.24) is 14.5 Å². The lowest BCUT2D eigenvalue weighted by Gasteiger charge is -2.14. The number of nitrogens with zero attached hydrogens (tertiary/aromatic N) is 3. The summed E-state index contributed by atoms with van der Waals surface area (Å²) in [5.74, 6) is 0. The molecule has 0 amide bonds. The third-order valence-corrected chi connectivity index (χ3v) is 3.31. The van der Waals surface area contributed by atoms with Crippen molar-refractivity contribution in [3.63, 3.8) is 0 Å². The Labute approximate surface area is 108 Å². The van der Waals surface area contributed by atoms with Crippen LogP contribution in [-0.2, 0) is 13.5 Å². The molecule has 2 N–H and O–H groups in total. The molecule has 0 aliphatic rings. The summed E-state index contributed by atoms with van der Waals surface area (Å²) in [5, 5.41) is 0. The fourth-order valence-electron chi connectivity index (χ4n) is 2.22. The van der Waals surface area contributed by atoms with E-state index in [1.807, 2.05) is 17.9 Å². The first kappa shape index (κ1) is 13.1. The highest BCUT2D eigenvalue weighted by atomic mass is 15.1. The highest BCUT2D eigenvalue weighted by molar-refractivity contribution is 5.75. The molecular weight excluding hydrogens is 224 g/mol. The fraction of sp³-hybridized carbons (Fsp3) is 0.500. The van der Waals surface area contributed by atoms with E-state index in [0.29, 0.717) is 0 Å². The van der Waals surface area contributed by atoms with Crippen molar-refractivity contribution in [3.8, 4) is 0 Å². The first-order valence-corrected chi connectivity index (χ1v) is 6.49. The molecule has 2 rings (SSSR count). The van der Waals surface area contributed by atoms with Crippen molar-refractivity contribution >= 4 is 11.0 Å². The summed E-state index contributed by atoms with van der Waals surface area (Å²) in [6, 6.07) is 6.55. The van der Waals surface area contributed by atoms with Gasteiger partial charge < -0.3 is 15.2 Å². The first-order valence-electron chi connectivity index (χ1n) is 6.49. The number of rotatable bonds is 6. The number of aryl methyl sites for hydroxylation is 2. The Balaban J connectivity index is 1.92. The van der Waals surface area contributed by atoms with E-state index in [4.69, 9.17) is 5.73 Å². The van der Waals surface area contributed by atoms with E-state index in [-0.39, 0.29) is 0 Å². The molecule has 1 heterocycles. The minimum Gasteiger partial charge on any atom is -0.334 e. The van der Waals surface area contributed by atoms with Crippen LogP contribution in [0.4, 0.5) is 0 Å². The van der Waals surface area contributed by atoms with Crippen molar-refractivity contribution in [2.75, 3.05) is 26.7 Å². The van der Waals surface area contributed by atoms with Crippen LogP contribution in [-0.4, -0.2) is 41.1 Å². The van der Waals surface area contributed by atoms with Crippen molar-refractivity contribution in [2.45, 2.75) is 12.8 Å². The molecule has 0 radical (unpaired) electrons. The molecule has 0 atom stereocenters. The first-order chi connectivity index (χ1) is 8.70. The van der Waals surface area contributed by atoms with Gasteiger partial charge in [0.2, 0.25) is 0 Å². The quantitative estimate of drug-likeness (QED) is 0.838. The molecule has 1 aromatic heterocycles. The van der Waals surface area contributed by atoms with Crippen LogP contribution in [0.2, 0.25) is 0 Å². The van der Waals surface area contributed by atoms with E-state index in [2.05, 4.69) is 35.1 Å². The minimum absolute atomic E-state index is 0.733. The van der Waals surface area contributed by atoms with Gasteiger partial charge in [0.25, 0.3) is 0 Å². The molecule has 0 saturated heterocycles. The highest BCUT2D eigenvalue weighted by Crippen LogP contribution is 2.15. The Morgan fingerprint density at radius 3 is 2.94 bits per heavy atom. The molecule has 0 bridgehead atoms. The minimum atomic E-state index is 0.733. The molecule has 4 nitrogen and oxygen atoms in total. The lowest BCUT2D eigenvalue weighted by Crippen LogP contribution is -2.26. The van der Waals surface area contributed by atoms with Gasteiger partial charge in [0.15, 0.2) is 0 Å². The summed E-state index contributed by atoms with van der Waals surface area (Å²) < 4.78 is 2.05. The van der Waals surface area contributed by atoms with Crippen LogP contribution in [0.15, 0.2) is 24.5 Å². The maximum absolute atomic E-state index is 5.52. The summed E-state index contributed by atoms with van der Waals surface area (Å²) >= 11 is 0. The zero-order valence-corrected chi connectivity index (χ0v) is 11.3.